The summed E-state index contributed by atoms with van der Waals surface area (Å²) in [5, 5.41) is 21.2. The van der Waals surface area contributed by atoms with Gasteiger partial charge in [0, 0.05) is 25.3 Å². The normalized spacial score (nSPS) is 31.9. The van der Waals surface area contributed by atoms with Crippen LogP contribution in [0.3, 0.4) is 0 Å². The zero-order valence-corrected chi connectivity index (χ0v) is 20.1. The van der Waals surface area contributed by atoms with Gasteiger partial charge >= 0.3 is 5.97 Å². The molecule has 3 N–H and O–H groups in total. The van der Waals surface area contributed by atoms with Gasteiger partial charge in [-0.2, -0.15) is 0 Å². The number of carbonyl (C=O) groups is 2. The Morgan fingerprint density at radius 2 is 2.12 bits per heavy atom. The van der Waals surface area contributed by atoms with E-state index in [0.29, 0.717) is 43.8 Å². The van der Waals surface area contributed by atoms with E-state index in [9.17, 15) is 14.7 Å². The minimum absolute atomic E-state index is 0.0514. The Labute approximate surface area is 200 Å². The summed E-state index contributed by atoms with van der Waals surface area (Å²) in [7, 11) is 0. The molecule has 3 rings (SSSR count). The number of carboxylic acids is 1. The second-order valence-corrected chi connectivity index (χ2v) is 9.58. The third-order valence-electron chi connectivity index (χ3n) is 6.26. The summed E-state index contributed by atoms with van der Waals surface area (Å²) in [5.41, 5.74) is 3.88. The molecule has 0 aromatic heterocycles. The molecular weight excluding hydrogens is 438 g/mol. The first kappa shape index (κ1) is 25.8. The second-order valence-electron chi connectivity index (χ2n) is 9.58. The van der Waals surface area contributed by atoms with Crippen molar-refractivity contribution >= 4 is 11.9 Å². The van der Waals surface area contributed by atoms with Gasteiger partial charge in [0.2, 0.25) is 5.91 Å². The smallest absolute Gasteiger partial charge is 0.307 e. The monoisotopic (exact) mass is 473 g/mol. The van der Waals surface area contributed by atoms with E-state index >= 15 is 0 Å². The van der Waals surface area contributed by atoms with Crippen LogP contribution in [-0.2, 0) is 23.8 Å². The molecule has 0 radical (unpaired) electrons. The number of amides is 1. The van der Waals surface area contributed by atoms with Gasteiger partial charge in [0.15, 0.2) is 0 Å². The number of ether oxygens (including phenoxy) is 3. The number of epoxide rings is 1. The highest BCUT2D eigenvalue weighted by atomic mass is 16.6. The van der Waals surface area contributed by atoms with Gasteiger partial charge in [0.25, 0.3) is 0 Å². The lowest BCUT2D eigenvalue weighted by molar-refractivity contribution is -0.140. The lowest BCUT2D eigenvalue weighted by atomic mass is 9.89. The number of aliphatic hydroxyl groups is 1. The van der Waals surface area contributed by atoms with Gasteiger partial charge in [-0.1, -0.05) is 31.4 Å². The van der Waals surface area contributed by atoms with Crippen LogP contribution in [0, 0.1) is 5.92 Å². The number of aliphatic hydroxyl groups excluding tert-OH is 1. The van der Waals surface area contributed by atoms with E-state index in [0.717, 1.165) is 5.57 Å². The van der Waals surface area contributed by atoms with E-state index in [2.05, 4.69) is 30.6 Å². The fraction of sp³-hybridized carbons (Fsp3) is 0.577. The summed E-state index contributed by atoms with van der Waals surface area (Å²) in [6, 6.07) is -0.272. The maximum absolute atomic E-state index is 12.0. The first-order chi connectivity index (χ1) is 16.0. The molecular formula is C26H35NO7. The van der Waals surface area contributed by atoms with Gasteiger partial charge in [0.05, 0.1) is 25.2 Å². The van der Waals surface area contributed by atoms with Crippen molar-refractivity contribution in [1.82, 2.24) is 5.32 Å². The number of hydrogen-bond acceptors (Lipinski definition) is 6. The van der Waals surface area contributed by atoms with Gasteiger partial charge in [0.1, 0.15) is 29.3 Å². The van der Waals surface area contributed by atoms with Crippen LogP contribution in [0.2, 0.25) is 0 Å². The minimum Gasteiger partial charge on any atom is -0.493 e. The molecule has 0 bridgehead atoms. The fourth-order valence-electron chi connectivity index (χ4n) is 4.25. The minimum atomic E-state index is -0.886. The molecule has 0 saturated carbocycles. The summed E-state index contributed by atoms with van der Waals surface area (Å²) in [5.74, 6) is 0.183. The average Bonchev–Trinajstić information content (AvgIpc) is 3.49. The zero-order chi connectivity index (χ0) is 24.9. The molecule has 1 spiro atoms. The van der Waals surface area contributed by atoms with Crippen molar-refractivity contribution in [2.75, 3.05) is 6.61 Å². The van der Waals surface area contributed by atoms with Crippen molar-refractivity contribution in [2.24, 2.45) is 5.92 Å². The zero-order valence-electron chi connectivity index (χ0n) is 20.1. The van der Waals surface area contributed by atoms with E-state index in [4.69, 9.17) is 19.3 Å². The number of carbonyl (C=O) groups excluding carboxylic acids is 1. The quantitative estimate of drug-likeness (QED) is 0.215. The lowest BCUT2D eigenvalue weighted by Gasteiger charge is -2.36. The SMILES string of the molecule is C=C1O[C@@H](C/C=C(\C)C=C=C2C[C@]3(CO3)C[C@@H](CC(=O)O)O2)[C@@H](C)C[C@H]1NC(=O)/C=C\[C@H](C)O. The number of aliphatic carboxylic acids is 1. The molecule has 1 amide bonds. The molecule has 34 heavy (non-hydrogen) atoms. The molecule has 3 saturated heterocycles. The standard InChI is InChI=1S/C26H35NO7/c1-16(5-8-20-13-26(15-32-26)14-21(34-20)12-25(30)31)6-9-23-17(2)11-22(19(4)33-23)27-24(29)10-7-18(3)28/h5-7,10,17-18,21-23,28H,4,9,11-15H2,1-3H3,(H,27,29)(H,30,31)/b10-7-,16-6+/t8?,17-,18-,21+,22+,23-,26+/m0/s1. The predicted octanol–water partition coefficient (Wildman–Crippen LogP) is 3.15. The molecule has 0 aromatic carbocycles. The van der Waals surface area contributed by atoms with Gasteiger partial charge in [-0.3, -0.25) is 9.59 Å². The summed E-state index contributed by atoms with van der Waals surface area (Å²) >= 11 is 0. The summed E-state index contributed by atoms with van der Waals surface area (Å²) in [4.78, 5) is 23.1. The van der Waals surface area contributed by atoms with E-state index in [1.54, 1.807) is 6.92 Å². The summed E-state index contributed by atoms with van der Waals surface area (Å²) < 4.78 is 17.4. The van der Waals surface area contributed by atoms with Gasteiger partial charge < -0.3 is 29.7 Å². The van der Waals surface area contributed by atoms with Crippen molar-refractivity contribution < 1.29 is 34.0 Å². The van der Waals surface area contributed by atoms with Crippen LogP contribution >= 0.6 is 0 Å². The number of nitrogens with one attached hydrogen (secondary N) is 1. The van der Waals surface area contributed by atoms with Crippen LogP contribution in [0.1, 0.15) is 52.9 Å². The molecule has 8 nitrogen and oxygen atoms in total. The molecule has 0 aliphatic carbocycles. The maximum atomic E-state index is 12.0. The van der Waals surface area contributed by atoms with E-state index in [1.165, 1.54) is 12.2 Å². The third kappa shape index (κ3) is 7.62. The molecule has 3 aliphatic rings. The van der Waals surface area contributed by atoms with Crippen molar-refractivity contribution in [1.29, 1.82) is 0 Å². The Kier molecular flexibility index (Phi) is 8.42. The number of hydrogen-bond donors (Lipinski definition) is 3. The second kappa shape index (κ2) is 11.1. The predicted molar refractivity (Wildman–Crippen MR) is 126 cm³/mol. The highest BCUT2D eigenvalue weighted by molar-refractivity contribution is 5.88. The van der Waals surface area contributed by atoms with E-state index < -0.39 is 18.2 Å². The average molecular weight is 474 g/mol. The van der Waals surface area contributed by atoms with Crippen LogP contribution in [0.4, 0.5) is 0 Å². The van der Waals surface area contributed by atoms with Gasteiger partial charge in [-0.05, 0) is 37.8 Å². The number of allylic oxidation sites excluding steroid dienone is 1. The molecule has 3 aliphatic heterocycles. The van der Waals surface area contributed by atoms with Crippen LogP contribution in [0.25, 0.3) is 0 Å². The molecule has 0 aromatic rings. The van der Waals surface area contributed by atoms with E-state index in [-0.39, 0.29) is 36.0 Å². The molecule has 3 fully saturated rings. The molecule has 0 unspecified atom stereocenters. The topological polar surface area (TPSA) is 118 Å². The van der Waals surface area contributed by atoms with Crippen LogP contribution < -0.4 is 5.32 Å². The Morgan fingerprint density at radius 3 is 2.76 bits per heavy atom. The number of carboxylic acid groups (broad SMARTS) is 1. The highest BCUT2D eigenvalue weighted by Crippen LogP contribution is 2.43. The van der Waals surface area contributed by atoms with Crippen molar-refractivity contribution in [3.8, 4) is 0 Å². The first-order valence-electron chi connectivity index (χ1n) is 11.7. The first-order valence-corrected chi connectivity index (χ1v) is 11.7. The molecule has 3 heterocycles. The molecule has 186 valence electrons. The van der Waals surface area contributed by atoms with Crippen LogP contribution in [-0.4, -0.2) is 58.7 Å². The Morgan fingerprint density at radius 1 is 1.38 bits per heavy atom. The van der Waals surface area contributed by atoms with Crippen LogP contribution in [0.5, 0.6) is 0 Å². The highest BCUT2D eigenvalue weighted by Gasteiger charge is 2.51. The van der Waals surface area contributed by atoms with Crippen molar-refractivity contribution in [3.63, 3.8) is 0 Å². The molecule has 8 heteroatoms. The fourth-order valence-corrected chi connectivity index (χ4v) is 4.25. The third-order valence-corrected chi connectivity index (χ3v) is 6.26. The largest absolute Gasteiger partial charge is 0.493 e. The van der Waals surface area contributed by atoms with Gasteiger partial charge in [-0.25, -0.2) is 0 Å². The Balaban J connectivity index is 1.55. The van der Waals surface area contributed by atoms with Crippen LogP contribution in [0.15, 0.2) is 53.7 Å². The molecule has 6 atom stereocenters. The van der Waals surface area contributed by atoms with Gasteiger partial charge in [-0.15, -0.1) is 0 Å². The maximum Gasteiger partial charge on any atom is 0.307 e. The van der Waals surface area contributed by atoms with Crippen molar-refractivity contribution in [3.05, 3.63) is 53.7 Å². The number of rotatable bonds is 8. The van der Waals surface area contributed by atoms with E-state index in [1.807, 2.05) is 13.0 Å². The summed E-state index contributed by atoms with van der Waals surface area (Å²) in [6.07, 6.45) is 8.05. The Hall–Kier alpha value is -2.80. The Bertz CT molecular complexity index is 921. The summed E-state index contributed by atoms with van der Waals surface area (Å²) in [6.45, 7) is 10.2. The lowest BCUT2D eigenvalue weighted by Crippen LogP contribution is -2.43. The van der Waals surface area contributed by atoms with Crippen molar-refractivity contribution in [2.45, 2.75) is 82.8 Å².